The van der Waals surface area contributed by atoms with Gasteiger partial charge in [0.05, 0.1) is 0 Å². The Morgan fingerprint density at radius 2 is 2.43 bits per heavy atom. The maximum Gasteiger partial charge on any atom is 0.0409 e. The zero-order valence-corrected chi connectivity index (χ0v) is 4.94. The largest absolute Gasteiger partial charge is 0.308 e. The molecule has 0 aliphatic heterocycles. The lowest BCUT2D eigenvalue weighted by molar-refractivity contribution is 0.560. The molecule has 0 fully saturated rings. The second-order valence-electron chi connectivity index (χ2n) is 1.60. The highest BCUT2D eigenvalue weighted by Crippen LogP contribution is 1.84. The van der Waals surface area contributed by atoms with E-state index in [2.05, 4.69) is 31.1 Å². The van der Waals surface area contributed by atoms with Crippen LogP contribution in [0.25, 0.3) is 0 Å². The molecule has 0 saturated carbocycles. The highest BCUT2D eigenvalue weighted by molar-refractivity contribution is 5.22. The van der Waals surface area contributed by atoms with Crippen LogP contribution in [0.15, 0.2) is 5.10 Å². The molecule has 42 valence electrons. The van der Waals surface area contributed by atoms with Gasteiger partial charge in [-0.2, -0.15) is 5.10 Å². The van der Waals surface area contributed by atoms with Gasteiger partial charge in [-0.15, -0.1) is 0 Å². The topological polar surface area (TPSA) is 24.4 Å². The van der Waals surface area contributed by atoms with Gasteiger partial charge in [0.25, 0.3) is 0 Å². The van der Waals surface area contributed by atoms with Crippen molar-refractivity contribution in [1.82, 2.24) is 5.43 Å². The zero-order chi connectivity index (χ0) is 5.70. The summed E-state index contributed by atoms with van der Waals surface area (Å²) >= 11 is 0. The van der Waals surface area contributed by atoms with E-state index in [9.17, 15) is 0 Å². The van der Waals surface area contributed by atoms with E-state index in [1.165, 1.54) is 0 Å². The average Bonchev–Trinajstić information content (AvgIpc) is 1.68. The first kappa shape index (κ1) is 6.47. The molecule has 0 rings (SSSR count). The Bertz CT molecular complexity index is 52.0. The predicted octanol–water partition coefficient (Wildman–Crippen LogP) is 0.990. The number of rotatable bonds is 3. The molecule has 7 heavy (non-hydrogen) atoms. The van der Waals surface area contributed by atoms with Crippen molar-refractivity contribution < 1.29 is 0 Å². The van der Waals surface area contributed by atoms with Gasteiger partial charge < -0.3 is 5.43 Å². The molecule has 2 nitrogen and oxygen atoms in total. The lowest BCUT2D eigenvalue weighted by atomic mass is 10.3. The summed E-state index contributed by atoms with van der Waals surface area (Å²) in [5.41, 5.74) is 2.81. The SMILES string of the molecule is C=NNC(C)CC. The van der Waals surface area contributed by atoms with Crippen LogP contribution in [0.4, 0.5) is 0 Å². The maximum atomic E-state index is 3.51. The number of hydrogen-bond acceptors (Lipinski definition) is 2. The summed E-state index contributed by atoms with van der Waals surface area (Å²) in [5.74, 6) is 0. The number of nitrogens with zero attached hydrogens (tertiary/aromatic N) is 1. The van der Waals surface area contributed by atoms with Crippen LogP contribution in [-0.2, 0) is 0 Å². The highest BCUT2D eigenvalue weighted by Gasteiger charge is 1.89. The standard InChI is InChI=1S/C5H12N2/c1-4-5(2)7-6-3/h5,7H,3-4H2,1-2H3. The Kier molecular flexibility index (Phi) is 3.38. The Morgan fingerprint density at radius 1 is 1.86 bits per heavy atom. The van der Waals surface area contributed by atoms with Gasteiger partial charge in [-0.05, 0) is 13.3 Å². The Balaban J connectivity index is 2.98. The van der Waals surface area contributed by atoms with Gasteiger partial charge in [0.1, 0.15) is 0 Å². The molecule has 0 saturated heterocycles. The van der Waals surface area contributed by atoms with Gasteiger partial charge in [0.15, 0.2) is 0 Å². The quantitative estimate of drug-likeness (QED) is 0.415. The van der Waals surface area contributed by atoms with E-state index in [-0.39, 0.29) is 0 Å². The molecule has 0 bridgehead atoms. The summed E-state index contributed by atoms with van der Waals surface area (Å²) in [6.07, 6.45) is 1.10. The second-order valence-corrected chi connectivity index (χ2v) is 1.60. The summed E-state index contributed by atoms with van der Waals surface area (Å²) in [7, 11) is 0. The molecule has 2 heteroatoms. The monoisotopic (exact) mass is 100 g/mol. The van der Waals surface area contributed by atoms with Crippen molar-refractivity contribution in [2.45, 2.75) is 26.3 Å². The van der Waals surface area contributed by atoms with Gasteiger partial charge in [0, 0.05) is 12.8 Å². The minimum atomic E-state index is 0.470. The van der Waals surface area contributed by atoms with Crippen molar-refractivity contribution >= 4 is 6.72 Å². The third-order valence-corrected chi connectivity index (χ3v) is 0.924. The number of nitrogens with one attached hydrogen (secondary N) is 1. The third-order valence-electron chi connectivity index (χ3n) is 0.924. The summed E-state index contributed by atoms with van der Waals surface area (Å²) in [4.78, 5) is 0. The molecule has 0 aromatic heterocycles. The summed E-state index contributed by atoms with van der Waals surface area (Å²) < 4.78 is 0. The normalized spacial score (nSPS) is 12.9. The minimum absolute atomic E-state index is 0.470. The van der Waals surface area contributed by atoms with E-state index >= 15 is 0 Å². The predicted molar refractivity (Wildman–Crippen MR) is 32.4 cm³/mol. The molecule has 1 unspecified atom stereocenters. The lowest BCUT2D eigenvalue weighted by Crippen LogP contribution is -2.18. The first-order valence-corrected chi connectivity index (χ1v) is 2.52. The van der Waals surface area contributed by atoms with Crippen molar-refractivity contribution in [2.75, 3.05) is 0 Å². The van der Waals surface area contributed by atoms with Gasteiger partial charge in [0.2, 0.25) is 0 Å². The van der Waals surface area contributed by atoms with E-state index in [0.29, 0.717) is 6.04 Å². The highest BCUT2D eigenvalue weighted by atomic mass is 15.3. The number of hydrogen-bond donors (Lipinski definition) is 1. The van der Waals surface area contributed by atoms with E-state index in [1.807, 2.05) is 0 Å². The van der Waals surface area contributed by atoms with Crippen LogP contribution in [0.2, 0.25) is 0 Å². The summed E-state index contributed by atoms with van der Waals surface area (Å²) in [6, 6.07) is 0.470. The van der Waals surface area contributed by atoms with Crippen LogP contribution in [0, 0.1) is 0 Å². The summed E-state index contributed by atoms with van der Waals surface area (Å²) in [5, 5.41) is 3.51. The van der Waals surface area contributed by atoms with Crippen LogP contribution in [-0.4, -0.2) is 12.8 Å². The van der Waals surface area contributed by atoms with Crippen molar-refractivity contribution in [3.63, 3.8) is 0 Å². The molecule has 0 amide bonds. The van der Waals surface area contributed by atoms with Crippen LogP contribution in [0.1, 0.15) is 20.3 Å². The molecule has 0 spiro atoms. The van der Waals surface area contributed by atoms with Crippen molar-refractivity contribution in [3.8, 4) is 0 Å². The fourth-order valence-electron chi connectivity index (χ4n) is 0.247. The third kappa shape index (κ3) is 3.30. The first-order valence-electron chi connectivity index (χ1n) is 2.52. The van der Waals surface area contributed by atoms with E-state index < -0.39 is 0 Å². The first-order chi connectivity index (χ1) is 3.31. The second kappa shape index (κ2) is 3.65. The van der Waals surface area contributed by atoms with Gasteiger partial charge in [-0.1, -0.05) is 6.92 Å². The minimum Gasteiger partial charge on any atom is -0.308 e. The lowest BCUT2D eigenvalue weighted by Gasteiger charge is -2.04. The van der Waals surface area contributed by atoms with Crippen molar-refractivity contribution in [1.29, 1.82) is 0 Å². The van der Waals surface area contributed by atoms with Crippen LogP contribution >= 0.6 is 0 Å². The van der Waals surface area contributed by atoms with E-state index in [4.69, 9.17) is 0 Å². The van der Waals surface area contributed by atoms with Gasteiger partial charge >= 0.3 is 0 Å². The molecule has 0 radical (unpaired) electrons. The van der Waals surface area contributed by atoms with Gasteiger partial charge in [-0.25, -0.2) is 0 Å². The fourth-order valence-corrected chi connectivity index (χ4v) is 0.247. The molecule has 0 aromatic carbocycles. The Hall–Kier alpha value is -0.530. The van der Waals surface area contributed by atoms with Crippen LogP contribution < -0.4 is 5.43 Å². The van der Waals surface area contributed by atoms with Crippen LogP contribution in [0.5, 0.6) is 0 Å². The molecule has 0 heterocycles. The van der Waals surface area contributed by atoms with E-state index in [0.717, 1.165) is 6.42 Å². The fraction of sp³-hybridized carbons (Fsp3) is 0.800. The van der Waals surface area contributed by atoms with Crippen LogP contribution in [0.3, 0.4) is 0 Å². The molecule has 0 aliphatic carbocycles. The molecule has 0 aromatic rings. The smallest absolute Gasteiger partial charge is 0.0409 e. The maximum absolute atomic E-state index is 3.51. The van der Waals surface area contributed by atoms with Crippen molar-refractivity contribution in [3.05, 3.63) is 0 Å². The average molecular weight is 100 g/mol. The van der Waals surface area contributed by atoms with Gasteiger partial charge in [-0.3, -0.25) is 0 Å². The molecule has 0 aliphatic rings. The van der Waals surface area contributed by atoms with Crippen molar-refractivity contribution in [2.24, 2.45) is 5.10 Å². The number of hydrazone groups is 1. The Morgan fingerprint density at radius 3 is 2.57 bits per heavy atom. The molecule has 1 atom stereocenters. The van der Waals surface area contributed by atoms with E-state index in [1.54, 1.807) is 0 Å². The molecular weight excluding hydrogens is 88.1 g/mol. The summed E-state index contributed by atoms with van der Waals surface area (Å²) in [6.45, 7) is 7.45. The molecule has 1 N–H and O–H groups in total. The Labute approximate surface area is 44.6 Å². The zero-order valence-electron chi connectivity index (χ0n) is 4.94. The molecular formula is C5H12N2.